The zero-order valence-electron chi connectivity index (χ0n) is 9.32. The number of carbonyl (C=O) groups is 1. The largest absolute Gasteiger partial charge is 0.510 e. The minimum absolute atomic E-state index is 0.166. The van der Waals surface area contributed by atoms with E-state index in [0.717, 1.165) is 11.1 Å². The van der Waals surface area contributed by atoms with Crippen LogP contribution in [0.3, 0.4) is 0 Å². The molecule has 1 aromatic rings. The summed E-state index contributed by atoms with van der Waals surface area (Å²) in [4.78, 5) is 11.0. The average Bonchev–Trinajstić information content (AvgIpc) is 2.22. The van der Waals surface area contributed by atoms with Gasteiger partial charge in [0.2, 0.25) is 0 Å². The second-order valence-electron chi connectivity index (χ2n) is 3.65. The van der Waals surface area contributed by atoms with Crippen LogP contribution >= 0.6 is 0 Å². The number of nitriles is 1. The van der Waals surface area contributed by atoms with Gasteiger partial charge in [-0.15, -0.1) is 0 Å². The molecule has 3 heteroatoms. The molecule has 0 heterocycles. The smallest absolute Gasteiger partial charge is 0.173 e. The molecule has 0 bridgehead atoms. The van der Waals surface area contributed by atoms with Crippen molar-refractivity contribution in [3.63, 3.8) is 0 Å². The number of carbonyl (C=O) groups excluding carboxylic acids is 1. The van der Waals surface area contributed by atoms with Crippen LogP contribution in [-0.4, -0.2) is 10.9 Å². The molecule has 0 aliphatic heterocycles. The molecule has 0 amide bonds. The number of hydrogen-bond acceptors (Lipinski definition) is 3. The molecule has 0 fully saturated rings. The van der Waals surface area contributed by atoms with Gasteiger partial charge in [0, 0.05) is 6.42 Å². The first-order valence-corrected chi connectivity index (χ1v) is 4.93. The second kappa shape index (κ2) is 5.13. The Labute approximate surface area is 94.6 Å². The number of aryl methyl sites for hydroxylation is 1. The third-order valence-electron chi connectivity index (χ3n) is 2.24. The van der Waals surface area contributed by atoms with Crippen LogP contribution in [0, 0.1) is 18.3 Å². The Morgan fingerprint density at radius 2 is 1.94 bits per heavy atom. The standard InChI is InChI=1S/C13H13NO2/c1-9-3-5-11(6-4-9)7-13(16)12(8-14)10(2)15/h3-6,16H,7H2,1-2H3. The van der Waals surface area contributed by atoms with Crippen LogP contribution < -0.4 is 0 Å². The van der Waals surface area contributed by atoms with Gasteiger partial charge in [0.25, 0.3) is 0 Å². The quantitative estimate of drug-likeness (QED) is 0.478. The third-order valence-corrected chi connectivity index (χ3v) is 2.24. The molecule has 82 valence electrons. The van der Waals surface area contributed by atoms with Crippen molar-refractivity contribution in [1.29, 1.82) is 5.26 Å². The molecule has 0 aliphatic carbocycles. The molecule has 1 rings (SSSR count). The minimum Gasteiger partial charge on any atom is -0.510 e. The highest BCUT2D eigenvalue weighted by molar-refractivity contribution is 5.97. The van der Waals surface area contributed by atoms with Crippen LogP contribution in [0.25, 0.3) is 0 Å². The second-order valence-corrected chi connectivity index (χ2v) is 3.65. The van der Waals surface area contributed by atoms with Crippen LogP contribution in [-0.2, 0) is 11.2 Å². The molecule has 0 saturated carbocycles. The van der Waals surface area contributed by atoms with E-state index in [4.69, 9.17) is 5.26 Å². The number of Topliss-reactive ketones (excluding diaryl/α,β-unsaturated/α-hetero) is 1. The van der Waals surface area contributed by atoms with Gasteiger partial charge in [-0.2, -0.15) is 5.26 Å². The van der Waals surface area contributed by atoms with Gasteiger partial charge in [0.05, 0.1) is 0 Å². The number of rotatable bonds is 3. The summed E-state index contributed by atoms with van der Waals surface area (Å²) in [7, 11) is 0. The first kappa shape index (κ1) is 12.0. The lowest BCUT2D eigenvalue weighted by atomic mass is 10.0. The van der Waals surface area contributed by atoms with Gasteiger partial charge in [-0.05, 0) is 19.4 Å². The van der Waals surface area contributed by atoms with Crippen molar-refractivity contribution in [1.82, 2.24) is 0 Å². The summed E-state index contributed by atoms with van der Waals surface area (Å²) in [6.07, 6.45) is 0.211. The Morgan fingerprint density at radius 1 is 1.38 bits per heavy atom. The molecule has 0 aromatic heterocycles. The van der Waals surface area contributed by atoms with Crippen LogP contribution in [0.2, 0.25) is 0 Å². The highest BCUT2D eigenvalue weighted by atomic mass is 16.3. The Hall–Kier alpha value is -2.08. The summed E-state index contributed by atoms with van der Waals surface area (Å²) in [6, 6.07) is 9.27. The Balaban J connectivity index is 2.93. The molecule has 0 saturated heterocycles. The fourth-order valence-electron chi connectivity index (χ4n) is 1.33. The number of hydrogen-bond donors (Lipinski definition) is 1. The number of nitrogens with zero attached hydrogens (tertiary/aromatic N) is 1. The fourth-order valence-corrected chi connectivity index (χ4v) is 1.33. The van der Waals surface area contributed by atoms with Gasteiger partial charge < -0.3 is 5.11 Å². The Bertz CT molecular complexity index is 464. The van der Waals surface area contributed by atoms with Gasteiger partial charge in [-0.3, -0.25) is 4.79 Å². The average molecular weight is 215 g/mol. The number of benzene rings is 1. The summed E-state index contributed by atoms with van der Waals surface area (Å²) in [5.41, 5.74) is 1.83. The van der Waals surface area contributed by atoms with E-state index in [-0.39, 0.29) is 17.8 Å². The molecule has 0 atom stereocenters. The van der Waals surface area contributed by atoms with E-state index in [1.807, 2.05) is 31.2 Å². The fraction of sp³-hybridized carbons (Fsp3) is 0.231. The predicted octanol–water partition coefficient (Wildman–Crippen LogP) is 2.46. The number of allylic oxidation sites excluding steroid dienone is 2. The van der Waals surface area contributed by atoms with Crippen molar-refractivity contribution >= 4 is 5.78 Å². The summed E-state index contributed by atoms with van der Waals surface area (Å²) in [5.74, 6) is -0.578. The maximum atomic E-state index is 11.0. The molecule has 0 radical (unpaired) electrons. The molecule has 0 spiro atoms. The molecular weight excluding hydrogens is 202 g/mol. The first-order valence-electron chi connectivity index (χ1n) is 4.93. The third kappa shape index (κ3) is 2.96. The zero-order valence-corrected chi connectivity index (χ0v) is 9.32. The highest BCUT2D eigenvalue weighted by Gasteiger charge is 2.10. The van der Waals surface area contributed by atoms with Crippen LogP contribution in [0.1, 0.15) is 18.1 Å². The summed E-state index contributed by atoms with van der Waals surface area (Å²) in [5, 5.41) is 18.3. The summed E-state index contributed by atoms with van der Waals surface area (Å²) < 4.78 is 0. The van der Waals surface area contributed by atoms with Crippen LogP contribution in [0.5, 0.6) is 0 Å². The minimum atomic E-state index is -0.410. The lowest BCUT2D eigenvalue weighted by Crippen LogP contribution is -2.02. The van der Waals surface area contributed by atoms with E-state index in [1.54, 1.807) is 6.07 Å². The SMILES string of the molecule is CC(=O)C(C#N)=C(O)Cc1ccc(C)cc1. The predicted molar refractivity (Wildman–Crippen MR) is 60.8 cm³/mol. The Morgan fingerprint density at radius 3 is 2.38 bits per heavy atom. The van der Waals surface area contributed by atoms with Crippen molar-refractivity contribution < 1.29 is 9.90 Å². The van der Waals surface area contributed by atoms with E-state index >= 15 is 0 Å². The molecular formula is C13H13NO2. The van der Waals surface area contributed by atoms with Crippen LogP contribution in [0.4, 0.5) is 0 Å². The van der Waals surface area contributed by atoms with E-state index in [2.05, 4.69) is 0 Å². The normalized spacial score (nSPS) is 11.6. The molecule has 0 aliphatic rings. The first-order chi connectivity index (χ1) is 7.54. The molecule has 16 heavy (non-hydrogen) atoms. The maximum absolute atomic E-state index is 11.0. The summed E-state index contributed by atoms with van der Waals surface area (Å²) >= 11 is 0. The van der Waals surface area contributed by atoms with Crippen molar-refractivity contribution in [2.75, 3.05) is 0 Å². The zero-order chi connectivity index (χ0) is 12.1. The van der Waals surface area contributed by atoms with Gasteiger partial charge >= 0.3 is 0 Å². The van der Waals surface area contributed by atoms with Crippen molar-refractivity contribution in [3.05, 3.63) is 46.7 Å². The van der Waals surface area contributed by atoms with Gasteiger partial charge in [0.15, 0.2) is 5.78 Å². The van der Waals surface area contributed by atoms with Crippen molar-refractivity contribution in [2.45, 2.75) is 20.3 Å². The molecule has 3 nitrogen and oxygen atoms in total. The number of aliphatic hydroxyl groups is 1. The monoisotopic (exact) mass is 215 g/mol. The van der Waals surface area contributed by atoms with Gasteiger partial charge in [-0.1, -0.05) is 29.8 Å². The lowest BCUT2D eigenvalue weighted by Gasteiger charge is -2.03. The topological polar surface area (TPSA) is 61.1 Å². The van der Waals surface area contributed by atoms with Gasteiger partial charge in [0.1, 0.15) is 17.4 Å². The lowest BCUT2D eigenvalue weighted by molar-refractivity contribution is -0.113. The molecule has 0 unspecified atom stereocenters. The Kier molecular flexibility index (Phi) is 3.84. The highest BCUT2D eigenvalue weighted by Crippen LogP contribution is 2.11. The number of ketones is 1. The van der Waals surface area contributed by atoms with E-state index in [0.29, 0.717) is 0 Å². The van der Waals surface area contributed by atoms with E-state index in [9.17, 15) is 9.90 Å². The maximum Gasteiger partial charge on any atom is 0.173 e. The summed E-state index contributed by atoms with van der Waals surface area (Å²) in [6.45, 7) is 3.24. The van der Waals surface area contributed by atoms with Crippen LogP contribution in [0.15, 0.2) is 35.6 Å². The molecule has 1 aromatic carbocycles. The van der Waals surface area contributed by atoms with Crippen molar-refractivity contribution in [3.8, 4) is 6.07 Å². The number of aliphatic hydroxyl groups excluding tert-OH is 1. The van der Waals surface area contributed by atoms with E-state index in [1.165, 1.54) is 6.92 Å². The van der Waals surface area contributed by atoms with Gasteiger partial charge in [-0.25, -0.2) is 0 Å². The van der Waals surface area contributed by atoms with Crippen molar-refractivity contribution in [2.24, 2.45) is 0 Å². The van der Waals surface area contributed by atoms with E-state index < -0.39 is 5.78 Å². The molecule has 1 N–H and O–H groups in total.